The first kappa shape index (κ1) is 27.5. The fraction of sp³-hybridized carbons (Fsp3) is 0.231. The van der Waals surface area contributed by atoms with Crippen molar-refractivity contribution in [3.05, 3.63) is 94.0 Å². The van der Waals surface area contributed by atoms with Crippen LogP contribution >= 0.6 is 23.2 Å². The highest BCUT2D eigenvalue weighted by Gasteiger charge is 2.32. The van der Waals surface area contributed by atoms with Crippen LogP contribution in [0.2, 0.25) is 10.0 Å². The number of sulfonamides is 1. The summed E-state index contributed by atoms with van der Waals surface area (Å²) in [6, 6.07) is 18.7. The number of rotatable bonds is 9. The number of nitrogens with zero attached hydrogens (tertiary/aromatic N) is 2. The van der Waals surface area contributed by atoms with Crippen molar-refractivity contribution in [2.24, 2.45) is 0 Å². The first-order chi connectivity index (χ1) is 17.0. The van der Waals surface area contributed by atoms with Gasteiger partial charge in [0.2, 0.25) is 11.8 Å². The van der Waals surface area contributed by atoms with Crippen molar-refractivity contribution in [2.75, 3.05) is 17.9 Å². The van der Waals surface area contributed by atoms with E-state index >= 15 is 0 Å². The van der Waals surface area contributed by atoms with Crippen LogP contribution in [0.1, 0.15) is 18.1 Å². The molecular formula is C26H27Cl2N3O4S. The van der Waals surface area contributed by atoms with Gasteiger partial charge in [-0.15, -0.1) is 0 Å². The van der Waals surface area contributed by atoms with Crippen LogP contribution in [0.5, 0.6) is 0 Å². The molecule has 3 aromatic carbocycles. The van der Waals surface area contributed by atoms with Crippen LogP contribution in [0, 0.1) is 6.92 Å². The maximum atomic E-state index is 13.7. The van der Waals surface area contributed by atoms with Gasteiger partial charge in [0.25, 0.3) is 10.0 Å². The Bertz CT molecular complexity index is 1350. The van der Waals surface area contributed by atoms with E-state index in [0.29, 0.717) is 26.9 Å². The van der Waals surface area contributed by atoms with Crippen LogP contribution in [0.25, 0.3) is 0 Å². The number of likely N-dealkylation sites (N-methyl/N-ethyl adjacent to an activating group) is 1. The van der Waals surface area contributed by atoms with Crippen LogP contribution in [0.3, 0.4) is 0 Å². The van der Waals surface area contributed by atoms with Gasteiger partial charge in [0.15, 0.2) is 0 Å². The van der Waals surface area contributed by atoms with Crippen molar-refractivity contribution in [3.8, 4) is 0 Å². The number of hydrogen-bond donors (Lipinski definition) is 1. The lowest BCUT2D eigenvalue weighted by Crippen LogP contribution is -2.50. The van der Waals surface area contributed by atoms with Crippen LogP contribution < -0.4 is 9.62 Å². The van der Waals surface area contributed by atoms with Gasteiger partial charge in [-0.3, -0.25) is 13.9 Å². The number of anilines is 1. The molecular weight excluding hydrogens is 521 g/mol. The third-order valence-corrected chi connectivity index (χ3v) is 7.94. The number of carbonyl (C=O) groups is 2. The molecule has 3 aromatic rings. The summed E-state index contributed by atoms with van der Waals surface area (Å²) in [5.41, 5.74) is 1.59. The molecule has 3 rings (SSSR count). The van der Waals surface area contributed by atoms with Gasteiger partial charge in [0.05, 0.1) is 10.6 Å². The van der Waals surface area contributed by atoms with Crippen molar-refractivity contribution in [1.82, 2.24) is 10.2 Å². The summed E-state index contributed by atoms with van der Waals surface area (Å²) in [7, 11) is -2.65. The molecule has 0 bridgehead atoms. The van der Waals surface area contributed by atoms with E-state index in [4.69, 9.17) is 23.2 Å². The van der Waals surface area contributed by atoms with Gasteiger partial charge in [0.1, 0.15) is 12.6 Å². The van der Waals surface area contributed by atoms with Gasteiger partial charge in [-0.05, 0) is 67.4 Å². The lowest BCUT2D eigenvalue weighted by molar-refractivity contribution is -0.139. The van der Waals surface area contributed by atoms with Crippen LogP contribution in [0.4, 0.5) is 5.69 Å². The number of nitrogens with one attached hydrogen (secondary N) is 1. The Kier molecular flexibility index (Phi) is 9.00. The van der Waals surface area contributed by atoms with Gasteiger partial charge in [-0.25, -0.2) is 8.42 Å². The summed E-state index contributed by atoms with van der Waals surface area (Å²) >= 11 is 12.2. The minimum absolute atomic E-state index is 0.0351. The molecule has 0 unspecified atom stereocenters. The highest BCUT2D eigenvalue weighted by molar-refractivity contribution is 7.92. The van der Waals surface area contributed by atoms with E-state index in [2.05, 4.69) is 5.32 Å². The van der Waals surface area contributed by atoms with Crippen LogP contribution in [-0.4, -0.2) is 44.8 Å². The second kappa shape index (κ2) is 11.8. The lowest BCUT2D eigenvalue weighted by atomic mass is 10.1. The molecule has 0 spiro atoms. The molecule has 0 aromatic heterocycles. The summed E-state index contributed by atoms with van der Waals surface area (Å²) in [6.45, 7) is 2.84. The van der Waals surface area contributed by atoms with Gasteiger partial charge in [-0.1, -0.05) is 53.5 Å². The zero-order valence-corrected chi connectivity index (χ0v) is 22.4. The van der Waals surface area contributed by atoms with Gasteiger partial charge >= 0.3 is 0 Å². The Balaban J connectivity index is 2.06. The molecule has 0 saturated carbocycles. The van der Waals surface area contributed by atoms with E-state index in [1.807, 2.05) is 0 Å². The van der Waals surface area contributed by atoms with E-state index in [1.54, 1.807) is 74.5 Å². The number of benzene rings is 3. The van der Waals surface area contributed by atoms with Crippen molar-refractivity contribution in [2.45, 2.75) is 31.3 Å². The normalized spacial score (nSPS) is 12.0. The van der Waals surface area contributed by atoms with E-state index in [-0.39, 0.29) is 17.3 Å². The summed E-state index contributed by atoms with van der Waals surface area (Å²) in [5, 5.41) is 3.47. The molecule has 1 atom stereocenters. The number of halogens is 2. The number of carbonyl (C=O) groups excluding carboxylic acids is 2. The molecule has 10 heteroatoms. The predicted molar refractivity (Wildman–Crippen MR) is 143 cm³/mol. The average Bonchev–Trinajstić information content (AvgIpc) is 2.85. The molecule has 0 aliphatic rings. The van der Waals surface area contributed by atoms with Gasteiger partial charge in [-0.2, -0.15) is 0 Å². The largest absolute Gasteiger partial charge is 0.357 e. The number of amides is 2. The second-order valence-electron chi connectivity index (χ2n) is 8.20. The van der Waals surface area contributed by atoms with Crippen molar-refractivity contribution in [1.29, 1.82) is 0 Å². The quantitative estimate of drug-likeness (QED) is 0.422. The van der Waals surface area contributed by atoms with E-state index < -0.39 is 28.5 Å². The zero-order chi connectivity index (χ0) is 26.5. The minimum Gasteiger partial charge on any atom is -0.357 e. The Morgan fingerprint density at radius 1 is 0.944 bits per heavy atom. The fourth-order valence-electron chi connectivity index (χ4n) is 3.76. The highest BCUT2D eigenvalue weighted by atomic mass is 35.5. The maximum Gasteiger partial charge on any atom is 0.264 e. The molecule has 36 heavy (non-hydrogen) atoms. The SMILES string of the molecule is CNC(=O)[C@H](C)N(Cc1cccc(Cl)c1)C(=O)CN(c1ccc(Cl)cc1C)S(=O)(=O)c1ccccc1. The summed E-state index contributed by atoms with van der Waals surface area (Å²) in [5.74, 6) is -0.939. The van der Waals surface area contributed by atoms with Gasteiger partial charge < -0.3 is 10.2 Å². The third kappa shape index (κ3) is 6.37. The molecule has 0 saturated heterocycles. The number of aryl methyl sites for hydroxylation is 1. The third-order valence-electron chi connectivity index (χ3n) is 5.69. The lowest BCUT2D eigenvalue weighted by Gasteiger charge is -2.32. The fourth-order valence-corrected chi connectivity index (χ4v) is 5.69. The topological polar surface area (TPSA) is 86.8 Å². The molecule has 0 aliphatic heterocycles. The first-order valence-electron chi connectivity index (χ1n) is 11.1. The molecule has 7 nitrogen and oxygen atoms in total. The summed E-state index contributed by atoms with van der Waals surface area (Å²) in [4.78, 5) is 27.6. The Labute approximate surface area is 221 Å². The molecule has 0 aliphatic carbocycles. The predicted octanol–water partition coefficient (Wildman–Crippen LogP) is 4.66. The molecule has 1 N–H and O–H groups in total. The Morgan fingerprint density at radius 3 is 2.22 bits per heavy atom. The van der Waals surface area contributed by atoms with Crippen LogP contribution in [-0.2, 0) is 26.2 Å². The maximum absolute atomic E-state index is 13.7. The summed E-state index contributed by atoms with van der Waals surface area (Å²) < 4.78 is 28.5. The molecule has 0 fully saturated rings. The van der Waals surface area contributed by atoms with E-state index in [9.17, 15) is 18.0 Å². The second-order valence-corrected chi connectivity index (χ2v) is 10.9. The first-order valence-corrected chi connectivity index (χ1v) is 13.3. The Morgan fingerprint density at radius 2 is 1.61 bits per heavy atom. The van der Waals surface area contributed by atoms with E-state index in [0.717, 1.165) is 4.31 Å². The Hall–Kier alpha value is -3.07. The van der Waals surface area contributed by atoms with Crippen LogP contribution in [0.15, 0.2) is 77.7 Å². The smallest absolute Gasteiger partial charge is 0.264 e. The monoisotopic (exact) mass is 547 g/mol. The zero-order valence-electron chi connectivity index (χ0n) is 20.1. The highest BCUT2D eigenvalue weighted by Crippen LogP contribution is 2.29. The van der Waals surface area contributed by atoms with Crippen molar-refractivity contribution >= 4 is 50.7 Å². The minimum atomic E-state index is -4.13. The van der Waals surface area contributed by atoms with Crippen molar-refractivity contribution < 1.29 is 18.0 Å². The van der Waals surface area contributed by atoms with Crippen molar-refractivity contribution in [3.63, 3.8) is 0 Å². The molecule has 0 heterocycles. The molecule has 190 valence electrons. The number of hydrogen-bond acceptors (Lipinski definition) is 4. The summed E-state index contributed by atoms with van der Waals surface area (Å²) in [6.07, 6.45) is 0. The van der Waals surface area contributed by atoms with Gasteiger partial charge in [0, 0.05) is 23.6 Å². The molecule has 2 amide bonds. The molecule has 0 radical (unpaired) electrons. The van der Waals surface area contributed by atoms with E-state index in [1.165, 1.54) is 24.1 Å². The standard InChI is InChI=1S/C26H27Cl2N3O4S/c1-18-14-22(28)12-13-24(18)31(36(34,35)23-10-5-4-6-11-23)17-25(32)30(19(2)26(33)29-3)16-20-8-7-9-21(27)15-20/h4-15,19H,16-17H2,1-3H3,(H,29,33)/t19-/m0/s1. The average molecular weight is 548 g/mol.